The van der Waals surface area contributed by atoms with Crippen molar-refractivity contribution in [3.05, 3.63) is 0 Å². The minimum atomic E-state index is -3.73. The molecule has 0 aliphatic rings. The second kappa shape index (κ2) is 8.16. The van der Waals surface area contributed by atoms with E-state index in [0.29, 0.717) is 0 Å². The zero-order valence-electron chi connectivity index (χ0n) is 8.08. The molecule has 12 heteroatoms. The van der Waals surface area contributed by atoms with E-state index in [4.69, 9.17) is 49.2 Å². The second-order valence-electron chi connectivity index (χ2n) is 2.07. The molecule has 0 rings (SSSR count). The molecule has 16 heavy (non-hydrogen) atoms. The molecule has 0 aromatic rings. The molecule has 0 aromatic carbocycles. The molecule has 0 amide bonds. The van der Waals surface area contributed by atoms with Gasteiger partial charge >= 0.3 is 15.9 Å². The maximum absolute atomic E-state index is 11.3. The summed E-state index contributed by atoms with van der Waals surface area (Å²) in [5.74, 6) is -1.80. The average molecular weight is 338 g/mol. The van der Waals surface area contributed by atoms with E-state index in [1.165, 1.54) is 0 Å². The summed E-state index contributed by atoms with van der Waals surface area (Å²) in [6.45, 7) is 0. The van der Waals surface area contributed by atoms with Crippen LogP contribution in [0, 0.1) is 0 Å². The summed E-state index contributed by atoms with van der Waals surface area (Å²) in [5, 5.41) is 9.20. The molecule has 0 saturated carbocycles. The van der Waals surface area contributed by atoms with Gasteiger partial charge in [0, 0.05) is 18.8 Å². The molecule has 0 spiro atoms. The first-order valence-corrected chi connectivity index (χ1v) is 7.23. The van der Waals surface area contributed by atoms with Gasteiger partial charge in [0.2, 0.25) is 9.64 Å². The molecule has 0 fully saturated rings. The van der Waals surface area contributed by atoms with E-state index >= 15 is 0 Å². The molecule has 1 atom stereocenters. The Morgan fingerprint density at radius 2 is 1.50 bits per heavy atom. The number of rotatable bonds is 3. The topological polar surface area (TPSA) is 113 Å². The molecule has 3 N–H and O–H groups in total. The van der Waals surface area contributed by atoms with Crippen LogP contribution in [0.1, 0.15) is 0 Å². The highest BCUT2D eigenvalue weighted by atomic mass is 35.6. The van der Waals surface area contributed by atoms with Gasteiger partial charge in [0.05, 0.1) is 0 Å². The third-order valence-corrected chi connectivity index (χ3v) is 4.18. The highest BCUT2D eigenvalue weighted by molar-refractivity contribution is 7.54. The molecule has 98 valence electrons. The van der Waals surface area contributed by atoms with Crippen LogP contribution in [-0.2, 0) is 18.2 Å². The van der Waals surface area contributed by atoms with Crippen molar-refractivity contribution in [1.29, 1.82) is 0 Å². The third kappa shape index (κ3) is 8.14. The minimum Gasteiger partial charge on any atom is -0.377 e. The van der Waals surface area contributed by atoms with Gasteiger partial charge in [-0.3, -0.25) is 4.57 Å². The van der Waals surface area contributed by atoms with E-state index in [0.717, 1.165) is 14.2 Å². The average Bonchev–Trinajstić information content (AvgIpc) is 2.13. The summed E-state index contributed by atoms with van der Waals surface area (Å²) in [7, 11) is -4.43. The van der Waals surface area contributed by atoms with Gasteiger partial charge < -0.3 is 14.2 Å². The van der Waals surface area contributed by atoms with Gasteiger partial charge in [-0.2, -0.15) is 0 Å². The first kappa shape index (κ1) is 19.3. The number of alkyl halides is 3. The van der Waals surface area contributed by atoms with Crippen molar-refractivity contribution in [2.45, 2.75) is 9.64 Å². The third-order valence-electron chi connectivity index (χ3n) is 1.10. The zero-order chi connectivity index (χ0) is 13.6. The smallest absolute Gasteiger partial charge is 0.377 e. The largest absolute Gasteiger partial charge is 0.692 e. The molecule has 1 unspecified atom stereocenters. The molecular weight excluding hydrogens is 328 g/mol. The van der Waals surface area contributed by atoms with Crippen LogP contribution in [0.25, 0.3) is 0 Å². The van der Waals surface area contributed by atoms with Gasteiger partial charge in [0.15, 0.2) is 0 Å². The van der Waals surface area contributed by atoms with Crippen molar-refractivity contribution >= 4 is 50.7 Å². The predicted molar refractivity (Wildman–Crippen MR) is 60.0 cm³/mol. The van der Waals surface area contributed by atoms with E-state index in [9.17, 15) is 9.67 Å². The summed E-state index contributed by atoms with van der Waals surface area (Å²) in [6, 6.07) is 0. The molecule has 0 aromatic heterocycles. The van der Waals surface area contributed by atoms with E-state index < -0.39 is 25.5 Å². The lowest BCUT2D eigenvalue weighted by molar-refractivity contribution is 0.176. The Hall–Kier alpha value is 1.00. The minimum absolute atomic E-state index is 1.09. The lowest BCUT2D eigenvalue weighted by atomic mass is 10.8. The van der Waals surface area contributed by atoms with Crippen LogP contribution in [0.3, 0.4) is 0 Å². The van der Waals surface area contributed by atoms with Crippen LogP contribution in [0.2, 0.25) is 0 Å². The maximum Gasteiger partial charge on any atom is 0.692 e. The van der Waals surface area contributed by atoms with Gasteiger partial charge in [-0.1, -0.05) is 34.8 Å². The van der Waals surface area contributed by atoms with E-state index in [1.54, 1.807) is 0 Å². The number of hydrogen-bond acceptors (Lipinski definition) is 5. The number of aliphatic hydroxyl groups excluding tert-OH is 1. The number of halogens is 3. The molecular formula is C4H10Cl3O7P2+. The van der Waals surface area contributed by atoms with Gasteiger partial charge in [-0.05, 0) is 0 Å². The summed E-state index contributed by atoms with van der Waals surface area (Å²) in [5.41, 5.74) is 0. The molecule has 0 radical (unpaired) electrons. The Morgan fingerprint density at radius 1 is 1.25 bits per heavy atom. The summed E-state index contributed by atoms with van der Waals surface area (Å²) >= 11 is 15.8. The summed E-state index contributed by atoms with van der Waals surface area (Å²) < 4.78 is 26.8. The van der Waals surface area contributed by atoms with Gasteiger partial charge in [-0.15, -0.1) is 9.79 Å². The first-order chi connectivity index (χ1) is 7.01. The predicted octanol–water partition coefficient (Wildman–Crippen LogP) is 1.79. The second-order valence-corrected chi connectivity index (χ2v) is 7.25. The fraction of sp³-hybridized carbons (Fsp3) is 1.00. The summed E-state index contributed by atoms with van der Waals surface area (Å²) in [4.78, 5) is 14.2. The number of hydrogen-bond donors (Lipinski definition) is 3. The van der Waals surface area contributed by atoms with Crippen LogP contribution in [0.4, 0.5) is 0 Å². The monoisotopic (exact) mass is 337 g/mol. The van der Waals surface area contributed by atoms with Gasteiger partial charge in [-0.25, -0.2) is 0 Å². The Labute approximate surface area is 108 Å². The highest BCUT2D eigenvalue weighted by Crippen LogP contribution is 2.57. The van der Waals surface area contributed by atoms with Gasteiger partial charge in [0.25, 0.3) is 0 Å². The normalized spacial score (nSPS) is 13.8. The van der Waals surface area contributed by atoms with Crippen molar-refractivity contribution in [1.82, 2.24) is 0 Å². The Morgan fingerprint density at radius 3 is 1.56 bits per heavy atom. The number of aliphatic hydroxyl groups is 1. The fourth-order valence-electron chi connectivity index (χ4n) is 0.454. The van der Waals surface area contributed by atoms with Crippen molar-refractivity contribution in [2.75, 3.05) is 14.2 Å². The highest BCUT2D eigenvalue weighted by Gasteiger charge is 2.46. The van der Waals surface area contributed by atoms with Crippen molar-refractivity contribution in [2.24, 2.45) is 0 Å². The molecule has 0 saturated heterocycles. The maximum atomic E-state index is 11.3. The SMILES string of the molecule is COP(=O)(OC)C(O)C(Cl)(Cl)Cl.O=[P+](O)O. The lowest BCUT2D eigenvalue weighted by Gasteiger charge is -2.24. The van der Waals surface area contributed by atoms with Crippen LogP contribution >= 0.6 is 50.7 Å². The molecule has 0 aliphatic carbocycles. The first-order valence-electron chi connectivity index (χ1n) is 3.32. The van der Waals surface area contributed by atoms with Crippen molar-refractivity contribution in [3.63, 3.8) is 0 Å². The zero-order valence-corrected chi connectivity index (χ0v) is 12.1. The quantitative estimate of drug-likeness (QED) is 0.531. The van der Waals surface area contributed by atoms with Crippen LogP contribution in [0.5, 0.6) is 0 Å². The van der Waals surface area contributed by atoms with Gasteiger partial charge in [0.1, 0.15) is 0 Å². The molecule has 0 bridgehead atoms. The van der Waals surface area contributed by atoms with Crippen LogP contribution in [-0.4, -0.2) is 38.8 Å². The van der Waals surface area contributed by atoms with E-state index in [1.807, 2.05) is 0 Å². The van der Waals surface area contributed by atoms with Crippen molar-refractivity contribution in [3.8, 4) is 0 Å². The molecule has 0 aliphatic heterocycles. The van der Waals surface area contributed by atoms with Crippen LogP contribution < -0.4 is 0 Å². The standard InChI is InChI=1S/C4H8Cl3O4P.HO3P/c1-10-12(9,11-2)3(8)4(5,6)7;1-4(2)3/h3,8H,1-2H3;(H-,1,2,3)/p+1. The Balaban J connectivity index is 0. The van der Waals surface area contributed by atoms with E-state index in [-0.39, 0.29) is 0 Å². The Bertz CT molecular complexity index is 255. The lowest BCUT2D eigenvalue weighted by Crippen LogP contribution is -2.26. The van der Waals surface area contributed by atoms with Crippen LogP contribution in [0.15, 0.2) is 0 Å². The Kier molecular flexibility index (Phi) is 9.87. The fourth-order valence-corrected chi connectivity index (χ4v) is 2.44. The molecule has 0 heterocycles. The molecule has 7 nitrogen and oxygen atoms in total. The van der Waals surface area contributed by atoms with Crippen molar-refractivity contribution < 1.29 is 33.1 Å². The summed E-state index contributed by atoms with van der Waals surface area (Å²) in [6.07, 6.45) is 0. The van der Waals surface area contributed by atoms with E-state index in [2.05, 4.69) is 9.05 Å².